The van der Waals surface area contributed by atoms with Gasteiger partial charge in [0.2, 0.25) is 11.7 Å². The predicted molar refractivity (Wildman–Crippen MR) is 55.4 cm³/mol. The number of aromatic nitrogens is 3. The third-order valence-corrected chi connectivity index (χ3v) is 3.05. The van der Waals surface area contributed by atoms with Crippen molar-refractivity contribution in [3.63, 3.8) is 0 Å². The molecule has 1 fully saturated rings. The lowest BCUT2D eigenvalue weighted by molar-refractivity contribution is 0.345. The Morgan fingerprint density at radius 3 is 3.27 bits per heavy atom. The molecule has 0 aromatic carbocycles. The SMILES string of the molecule is c1nc(-c2noc([C@H]3CCCN3)n2)cs1. The zero-order valence-electron chi connectivity index (χ0n) is 8.01. The van der Waals surface area contributed by atoms with E-state index in [1.54, 1.807) is 5.51 Å². The lowest BCUT2D eigenvalue weighted by atomic mass is 10.2. The molecule has 0 amide bonds. The third-order valence-electron chi connectivity index (χ3n) is 2.46. The van der Waals surface area contributed by atoms with Crippen molar-refractivity contribution in [3.8, 4) is 11.5 Å². The molecule has 3 rings (SSSR count). The summed E-state index contributed by atoms with van der Waals surface area (Å²) >= 11 is 1.53. The van der Waals surface area contributed by atoms with Gasteiger partial charge in [0.05, 0.1) is 11.6 Å². The van der Waals surface area contributed by atoms with Gasteiger partial charge in [-0.2, -0.15) is 4.98 Å². The Labute approximate surface area is 90.5 Å². The molecule has 0 unspecified atom stereocenters. The van der Waals surface area contributed by atoms with Crippen LogP contribution in [0.5, 0.6) is 0 Å². The molecule has 0 radical (unpaired) electrons. The molecule has 1 N–H and O–H groups in total. The van der Waals surface area contributed by atoms with Crippen LogP contribution in [0.2, 0.25) is 0 Å². The molecule has 0 bridgehead atoms. The first kappa shape index (κ1) is 8.99. The van der Waals surface area contributed by atoms with Crippen LogP contribution in [0.4, 0.5) is 0 Å². The topological polar surface area (TPSA) is 63.8 Å². The third kappa shape index (κ3) is 1.66. The number of hydrogen-bond donors (Lipinski definition) is 1. The van der Waals surface area contributed by atoms with Gasteiger partial charge >= 0.3 is 0 Å². The molecule has 0 aliphatic carbocycles. The molecule has 1 aliphatic heterocycles. The molecular formula is C9H10N4OS. The number of thiazole rings is 1. The first-order valence-corrected chi connectivity index (χ1v) is 5.83. The van der Waals surface area contributed by atoms with Crippen molar-refractivity contribution in [1.29, 1.82) is 0 Å². The van der Waals surface area contributed by atoms with E-state index in [1.165, 1.54) is 17.8 Å². The highest BCUT2D eigenvalue weighted by molar-refractivity contribution is 7.07. The zero-order valence-corrected chi connectivity index (χ0v) is 8.83. The molecule has 3 heterocycles. The van der Waals surface area contributed by atoms with E-state index in [2.05, 4.69) is 20.4 Å². The van der Waals surface area contributed by atoms with E-state index in [1.807, 2.05) is 5.38 Å². The highest BCUT2D eigenvalue weighted by Crippen LogP contribution is 2.23. The van der Waals surface area contributed by atoms with Crippen LogP contribution in [0.1, 0.15) is 24.8 Å². The lowest BCUT2D eigenvalue weighted by Gasteiger charge is -2.00. The normalized spacial score (nSPS) is 20.9. The Morgan fingerprint density at radius 2 is 2.53 bits per heavy atom. The van der Waals surface area contributed by atoms with E-state index in [0.29, 0.717) is 11.7 Å². The van der Waals surface area contributed by atoms with Crippen LogP contribution in [-0.2, 0) is 0 Å². The Morgan fingerprint density at radius 1 is 1.53 bits per heavy atom. The molecule has 1 atom stereocenters. The van der Waals surface area contributed by atoms with Gasteiger partial charge in [0.15, 0.2) is 0 Å². The van der Waals surface area contributed by atoms with E-state index in [4.69, 9.17) is 4.52 Å². The van der Waals surface area contributed by atoms with Gasteiger partial charge in [-0.05, 0) is 19.4 Å². The number of rotatable bonds is 2. The van der Waals surface area contributed by atoms with Crippen molar-refractivity contribution in [3.05, 3.63) is 16.8 Å². The second kappa shape index (κ2) is 3.71. The lowest BCUT2D eigenvalue weighted by Crippen LogP contribution is -2.12. The van der Waals surface area contributed by atoms with Gasteiger partial charge < -0.3 is 9.84 Å². The van der Waals surface area contributed by atoms with Gasteiger partial charge in [-0.15, -0.1) is 11.3 Å². The summed E-state index contributed by atoms with van der Waals surface area (Å²) in [6, 6.07) is 0.227. The first-order chi connectivity index (χ1) is 7.43. The van der Waals surface area contributed by atoms with Crippen molar-refractivity contribution in [2.45, 2.75) is 18.9 Å². The van der Waals surface area contributed by atoms with Crippen molar-refractivity contribution in [2.24, 2.45) is 0 Å². The number of nitrogens with one attached hydrogen (secondary N) is 1. The Balaban J connectivity index is 1.87. The van der Waals surface area contributed by atoms with Crippen molar-refractivity contribution >= 4 is 11.3 Å². The summed E-state index contributed by atoms with van der Waals surface area (Å²) in [7, 11) is 0. The molecule has 1 saturated heterocycles. The Kier molecular flexibility index (Phi) is 2.22. The fraction of sp³-hybridized carbons (Fsp3) is 0.444. The van der Waals surface area contributed by atoms with Gasteiger partial charge in [-0.25, -0.2) is 4.98 Å². The average molecular weight is 222 g/mol. The first-order valence-electron chi connectivity index (χ1n) is 4.89. The standard InChI is InChI=1S/C9H10N4OS/c1-2-6(10-3-1)9-12-8(13-14-9)7-4-15-5-11-7/h4-6,10H,1-3H2/t6-/m1/s1. The quantitative estimate of drug-likeness (QED) is 0.836. The smallest absolute Gasteiger partial charge is 0.244 e. The Bertz CT molecular complexity index is 433. The molecule has 0 saturated carbocycles. The summed E-state index contributed by atoms with van der Waals surface area (Å²) in [4.78, 5) is 8.48. The van der Waals surface area contributed by atoms with Crippen LogP contribution in [0.3, 0.4) is 0 Å². The van der Waals surface area contributed by atoms with Crippen LogP contribution < -0.4 is 5.32 Å². The second-order valence-corrected chi connectivity index (χ2v) is 4.20. The molecule has 78 valence electrons. The second-order valence-electron chi connectivity index (χ2n) is 3.48. The molecule has 5 nitrogen and oxygen atoms in total. The van der Waals surface area contributed by atoms with Crippen LogP contribution in [0.15, 0.2) is 15.4 Å². The van der Waals surface area contributed by atoms with Gasteiger partial charge in [-0.1, -0.05) is 5.16 Å². The van der Waals surface area contributed by atoms with Gasteiger partial charge in [-0.3, -0.25) is 0 Å². The summed E-state index contributed by atoms with van der Waals surface area (Å²) in [5.74, 6) is 1.26. The molecule has 0 spiro atoms. The average Bonchev–Trinajstić information content (AvgIpc) is 3.02. The molecule has 15 heavy (non-hydrogen) atoms. The van der Waals surface area contributed by atoms with E-state index < -0.39 is 0 Å². The minimum Gasteiger partial charge on any atom is -0.337 e. The van der Waals surface area contributed by atoms with Crippen LogP contribution in [0.25, 0.3) is 11.5 Å². The molecule has 2 aromatic heterocycles. The molecule has 6 heteroatoms. The zero-order chi connectivity index (χ0) is 10.1. The number of hydrogen-bond acceptors (Lipinski definition) is 6. The maximum atomic E-state index is 5.21. The van der Waals surface area contributed by atoms with E-state index >= 15 is 0 Å². The van der Waals surface area contributed by atoms with Gasteiger partial charge in [0.1, 0.15) is 5.69 Å². The van der Waals surface area contributed by atoms with E-state index in [9.17, 15) is 0 Å². The van der Waals surface area contributed by atoms with Gasteiger partial charge in [0, 0.05) is 5.38 Å². The summed E-state index contributed by atoms with van der Waals surface area (Å²) < 4.78 is 5.21. The highest BCUT2D eigenvalue weighted by Gasteiger charge is 2.22. The summed E-state index contributed by atoms with van der Waals surface area (Å²) in [5, 5.41) is 9.15. The van der Waals surface area contributed by atoms with E-state index in [0.717, 1.165) is 18.7 Å². The summed E-state index contributed by atoms with van der Waals surface area (Å²) in [6.07, 6.45) is 2.23. The molecular weight excluding hydrogens is 212 g/mol. The minimum atomic E-state index is 0.227. The maximum absolute atomic E-state index is 5.21. The van der Waals surface area contributed by atoms with E-state index in [-0.39, 0.29) is 6.04 Å². The maximum Gasteiger partial charge on any atom is 0.244 e. The van der Waals surface area contributed by atoms with Crippen LogP contribution in [0, 0.1) is 0 Å². The fourth-order valence-electron chi connectivity index (χ4n) is 1.70. The minimum absolute atomic E-state index is 0.227. The van der Waals surface area contributed by atoms with Crippen LogP contribution in [-0.4, -0.2) is 21.7 Å². The van der Waals surface area contributed by atoms with Gasteiger partial charge in [0.25, 0.3) is 0 Å². The predicted octanol–water partition coefficient (Wildman–Crippen LogP) is 1.62. The molecule has 1 aliphatic rings. The van der Waals surface area contributed by atoms with Crippen molar-refractivity contribution < 1.29 is 4.52 Å². The summed E-state index contributed by atoms with van der Waals surface area (Å²) in [6.45, 7) is 1.03. The van der Waals surface area contributed by atoms with Crippen molar-refractivity contribution in [2.75, 3.05) is 6.54 Å². The summed E-state index contributed by atoms with van der Waals surface area (Å²) in [5.41, 5.74) is 2.55. The van der Waals surface area contributed by atoms with Crippen molar-refractivity contribution in [1.82, 2.24) is 20.4 Å². The highest BCUT2D eigenvalue weighted by atomic mass is 32.1. The molecule has 2 aromatic rings. The van der Waals surface area contributed by atoms with Crippen LogP contribution >= 0.6 is 11.3 Å². The Hall–Kier alpha value is -1.27. The number of nitrogens with zero attached hydrogens (tertiary/aromatic N) is 3. The fourth-order valence-corrected chi connectivity index (χ4v) is 2.23. The monoisotopic (exact) mass is 222 g/mol. The largest absolute Gasteiger partial charge is 0.337 e.